The minimum atomic E-state index is 0.0876. The van der Waals surface area contributed by atoms with Crippen LogP contribution in [0.25, 0.3) is 0 Å². The van der Waals surface area contributed by atoms with Gasteiger partial charge < -0.3 is 5.73 Å². The largest absolute Gasteiger partial charge is 0.324 e. The molecule has 0 heterocycles. The summed E-state index contributed by atoms with van der Waals surface area (Å²) in [5.74, 6) is 0. The molecule has 0 aliphatic heterocycles. The first-order chi connectivity index (χ1) is 8.15. The van der Waals surface area contributed by atoms with E-state index in [4.69, 9.17) is 17.3 Å². The van der Waals surface area contributed by atoms with E-state index in [0.29, 0.717) is 0 Å². The Kier molecular flexibility index (Phi) is 4.11. The highest BCUT2D eigenvalue weighted by Gasteiger charge is 2.00. The lowest BCUT2D eigenvalue weighted by Gasteiger charge is -2.06. The van der Waals surface area contributed by atoms with Crippen LogP contribution in [0.15, 0.2) is 58.3 Å². The van der Waals surface area contributed by atoms with Gasteiger partial charge in [-0.05, 0) is 48.9 Å². The summed E-state index contributed by atoms with van der Waals surface area (Å²) in [5, 5.41) is 0.765. The van der Waals surface area contributed by atoms with Gasteiger partial charge in [-0.2, -0.15) is 0 Å². The lowest BCUT2D eigenvalue weighted by molar-refractivity contribution is 0.817. The fourth-order valence-electron chi connectivity index (χ4n) is 1.48. The normalized spacial score (nSPS) is 12.4. The maximum absolute atomic E-state index is 5.85. The van der Waals surface area contributed by atoms with E-state index in [2.05, 4.69) is 24.3 Å². The maximum atomic E-state index is 5.85. The smallest absolute Gasteiger partial charge is 0.0406 e. The molecule has 0 radical (unpaired) electrons. The monoisotopic (exact) mass is 263 g/mol. The van der Waals surface area contributed by atoms with Gasteiger partial charge in [-0.15, -0.1) is 0 Å². The third-order valence-electron chi connectivity index (χ3n) is 2.46. The number of nitrogens with two attached hydrogens (primary N) is 1. The van der Waals surface area contributed by atoms with E-state index >= 15 is 0 Å². The molecule has 2 rings (SSSR count). The van der Waals surface area contributed by atoms with Crippen LogP contribution in [0.4, 0.5) is 0 Å². The Hall–Kier alpha value is -0.960. The van der Waals surface area contributed by atoms with E-state index in [-0.39, 0.29) is 6.04 Å². The lowest BCUT2D eigenvalue weighted by atomic mass is 10.1. The molecule has 3 heteroatoms. The summed E-state index contributed by atoms with van der Waals surface area (Å²) in [6.07, 6.45) is 0. The minimum absolute atomic E-state index is 0.0876. The summed E-state index contributed by atoms with van der Waals surface area (Å²) in [7, 11) is 0. The second-order valence-corrected chi connectivity index (χ2v) is 5.50. The van der Waals surface area contributed by atoms with Gasteiger partial charge in [0.1, 0.15) is 0 Å². The Labute approximate surface area is 111 Å². The van der Waals surface area contributed by atoms with Gasteiger partial charge in [-0.1, -0.05) is 35.5 Å². The van der Waals surface area contributed by atoms with Crippen molar-refractivity contribution in [3.05, 3.63) is 59.1 Å². The van der Waals surface area contributed by atoms with Crippen LogP contribution in [0.3, 0.4) is 0 Å². The number of hydrogen-bond acceptors (Lipinski definition) is 2. The van der Waals surface area contributed by atoms with Crippen molar-refractivity contribution < 1.29 is 0 Å². The zero-order valence-corrected chi connectivity index (χ0v) is 11.1. The van der Waals surface area contributed by atoms with E-state index in [1.54, 1.807) is 11.8 Å². The summed E-state index contributed by atoms with van der Waals surface area (Å²) < 4.78 is 0. The van der Waals surface area contributed by atoms with Gasteiger partial charge in [0, 0.05) is 20.9 Å². The van der Waals surface area contributed by atoms with Gasteiger partial charge >= 0.3 is 0 Å². The molecule has 17 heavy (non-hydrogen) atoms. The van der Waals surface area contributed by atoms with Gasteiger partial charge in [-0.25, -0.2) is 0 Å². The van der Waals surface area contributed by atoms with E-state index in [1.807, 2.05) is 31.2 Å². The molecule has 0 spiro atoms. The Bertz CT molecular complexity index is 477. The summed E-state index contributed by atoms with van der Waals surface area (Å²) in [5.41, 5.74) is 6.97. The predicted octanol–water partition coefficient (Wildman–Crippen LogP) is 4.51. The van der Waals surface area contributed by atoms with Gasteiger partial charge in [0.15, 0.2) is 0 Å². The molecular formula is C14H14ClNS. The average Bonchev–Trinajstić information content (AvgIpc) is 2.33. The van der Waals surface area contributed by atoms with Crippen LogP contribution in [-0.4, -0.2) is 0 Å². The Morgan fingerprint density at radius 3 is 1.88 bits per heavy atom. The van der Waals surface area contributed by atoms with Crippen molar-refractivity contribution in [3.8, 4) is 0 Å². The Morgan fingerprint density at radius 1 is 0.941 bits per heavy atom. The number of halogens is 1. The predicted molar refractivity (Wildman–Crippen MR) is 74.6 cm³/mol. The summed E-state index contributed by atoms with van der Waals surface area (Å²) in [6, 6.07) is 16.3. The van der Waals surface area contributed by atoms with Crippen LogP contribution in [0, 0.1) is 0 Å². The van der Waals surface area contributed by atoms with Crippen molar-refractivity contribution in [1.82, 2.24) is 0 Å². The highest BCUT2D eigenvalue weighted by molar-refractivity contribution is 7.99. The molecule has 0 aliphatic rings. The van der Waals surface area contributed by atoms with Gasteiger partial charge in [0.2, 0.25) is 0 Å². The first-order valence-corrected chi connectivity index (χ1v) is 6.63. The highest BCUT2D eigenvalue weighted by Crippen LogP contribution is 2.29. The third kappa shape index (κ3) is 3.50. The summed E-state index contributed by atoms with van der Waals surface area (Å²) in [4.78, 5) is 2.39. The average molecular weight is 264 g/mol. The second kappa shape index (κ2) is 5.58. The van der Waals surface area contributed by atoms with Crippen molar-refractivity contribution in [2.45, 2.75) is 22.8 Å². The van der Waals surface area contributed by atoms with Crippen LogP contribution in [0.5, 0.6) is 0 Å². The highest BCUT2D eigenvalue weighted by atomic mass is 35.5. The van der Waals surface area contributed by atoms with Crippen LogP contribution < -0.4 is 5.73 Å². The number of benzene rings is 2. The molecule has 2 aromatic carbocycles. The van der Waals surface area contributed by atoms with Crippen LogP contribution >= 0.6 is 23.4 Å². The van der Waals surface area contributed by atoms with Crippen LogP contribution in [-0.2, 0) is 0 Å². The number of hydrogen-bond donors (Lipinski definition) is 1. The van der Waals surface area contributed by atoms with Gasteiger partial charge in [0.05, 0.1) is 0 Å². The molecule has 0 amide bonds. The van der Waals surface area contributed by atoms with E-state index in [0.717, 1.165) is 10.6 Å². The maximum Gasteiger partial charge on any atom is 0.0406 e. The van der Waals surface area contributed by atoms with Crippen molar-refractivity contribution in [1.29, 1.82) is 0 Å². The number of rotatable bonds is 3. The first-order valence-electron chi connectivity index (χ1n) is 5.44. The fourth-order valence-corrected chi connectivity index (χ4v) is 2.42. The van der Waals surface area contributed by atoms with Crippen molar-refractivity contribution >= 4 is 23.4 Å². The SMILES string of the molecule is C[C@@H](N)c1ccc(Sc2ccc(Cl)cc2)cc1. The molecule has 0 saturated carbocycles. The fraction of sp³-hybridized carbons (Fsp3) is 0.143. The zero-order valence-electron chi connectivity index (χ0n) is 9.56. The molecule has 0 aromatic heterocycles. The van der Waals surface area contributed by atoms with Crippen LogP contribution in [0.1, 0.15) is 18.5 Å². The Balaban J connectivity index is 2.11. The summed E-state index contributed by atoms with van der Waals surface area (Å²) in [6.45, 7) is 1.99. The van der Waals surface area contributed by atoms with Gasteiger partial charge in [-0.3, -0.25) is 0 Å². The molecule has 88 valence electrons. The molecule has 2 N–H and O–H groups in total. The van der Waals surface area contributed by atoms with Crippen molar-refractivity contribution in [2.24, 2.45) is 5.73 Å². The quantitative estimate of drug-likeness (QED) is 0.882. The molecular weight excluding hydrogens is 250 g/mol. The molecule has 1 atom stereocenters. The third-order valence-corrected chi connectivity index (χ3v) is 3.72. The molecule has 0 fully saturated rings. The molecule has 0 aliphatic carbocycles. The van der Waals surface area contributed by atoms with E-state index < -0.39 is 0 Å². The van der Waals surface area contributed by atoms with Crippen molar-refractivity contribution in [2.75, 3.05) is 0 Å². The second-order valence-electron chi connectivity index (χ2n) is 3.91. The zero-order chi connectivity index (χ0) is 12.3. The molecule has 1 nitrogen and oxygen atoms in total. The van der Waals surface area contributed by atoms with E-state index in [9.17, 15) is 0 Å². The standard InChI is InChI=1S/C14H14ClNS/c1-10(16)11-2-6-13(7-3-11)17-14-8-4-12(15)5-9-14/h2-10H,16H2,1H3/t10-/m1/s1. The molecule has 0 bridgehead atoms. The van der Waals surface area contributed by atoms with E-state index in [1.165, 1.54) is 9.79 Å². The molecule has 2 aromatic rings. The molecule has 0 unspecified atom stereocenters. The summed E-state index contributed by atoms with van der Waals surface area (Å²) >= 11 is 7.56. The van der Waals surface area contributed by atoms with Crippen molar-refractivity contribution in [3.63, 3.8) is 0 Å². The Morgan fingerprint density at radius 2 is 1.41 bits per heavy atom. The van der Waals surface area contributed by atoms with Gasteiger partial charge in [0.25, 0.3) is 0 Å². The van der Waals surface area contributed by atoms with Crippen LogP contribution in [0.2, 0.25) is 5.02 Å². The lowest BCUT2D eigenvalue weighted by Crippen LogP contribution is -2.04. The first kappa shape index (κ1) is 12.5. The molecule has 0 saturated heterocycles. The topological polar surface area (TPSA) is 26.0 Å². The minimum Gasteiger partial charge on any atom is -0.324 e.